The zero-order chi connectivity index (χ0) is 15.7. The van der Waals surface area contributed by atoms with Gasteiger partial charge in [-0.15, -0.1) is 39.7 Å². The van der Waals surface area contributed by atoms with Crippen LogP contribution in [0.5, 0.6) is 0 Å². The van der Waals surface area contributed by atoms with Crippen LogP contribution >= 0.6 is 39.7 Å². The van der Waals surface area contributed by atoms with Gasteiger partial charge in [-0.25, -0.2) is 9.97 Å². The predicted octanol–water partition coefficient (Wildman–Crippen LogP) is 5.41. The number of aromatic nitrogens is 2. The standard InChI is InChI=1S/C16H15N3OS2.BrH/c1-9-15(22-11(3)17-9)14-8-21-16(19-14)18-13-6-4-5-12(7-13)10(2)20;/h4-8H,1-3H3,(H,18,19);1H. The van der Waals surface area contributed by atoms with E-state index >= 15 is 0 Å². The van der Waals surface area contributed by atoms with Crippen LogP contribution in [-0.4, -0.2) is 15.8 Å². The van der Waals surface area contributed by atoms with E-state index in [2.05, 4.69) is 15.3 Å². The van der Waals surface area contributed by atoms with Crippen molar-refractivity contribution in [3.8, 4) is 10.6 Å². The second kappa shape index (κ2) is 7.33. The molecule has 0 saturated carbocycles. The first-order chi connectivity index (χ1) is 10.5. The number of rotatable bonds is 4. The Hall–Kier alpha value is -1.57. The average molecular weight is 410 g/mol. The second-order valence-corrected chi connectivity index (χ2v) is 7.01. The van der Waals surface area contributed by atoms with Gasteiger partial charge in [0.2, 0.25) is 0 Å². The minimum atomic E-state index is 0. The Bertz CT molecular complexity index is 841. The van der Waals surface area contributed by atoms with Crippen molar-refractivity contribution in [3.05, 3.63) is 45.9 Å². The van der Waals surface area contributed by atoms with Gasteiger partial charge < -0.3 is 5.32 Å². The SMILES string of the molecule is Br.CC(=O)c1cccc(Nc2nc(-c3sc(C)nc3C)cs2)c1. The molecular formula is C16H16BrN3OS2. The van der Waals surface area contributed by atoms with Crippen molar-refractivity contribution in [3.63, 3.8) is 0 Å². The molecular weight excluding hydrogens is 394 g/mol. The molecule has 0 saturated heterocycles. The van der Waals surface area contributed by atoms with Crippen LogP contribution in [0.15, 0.2) is 29.6 Å². The van der Waals surface area contributed by atoms with Gasteiger partial charge >= 0.3 is 0 Å². The Morgan fingerprint density at radius 2 is 2.00 bits per heavy atom. The number of carbonyl (C=O) groups excluding carboxylic acids is 1. The summed E-state index contributed by atoms with van der Waals surface area (Å²) in [6, 6.07) is 7.44. The van der Waals surface area contributed by atoms with Gasteiger partial charge in [-0.1, -0.05) is 12.1 Å². The summed E-state index contributed by atoms with van der Waals surface area (Å²) in [6.07, 6.45) is 0. The van der Waals surface area contributed by atoms with Crippen LogP contribution in [0.1, 0.15) is 28.0 Å². The van der Waals surface area contributed by atoms with Crippen molar-refractivity contribution in [1.82, 2.24) is 9.97 Å². The molecule has 0 unspecified atom stereocenters. The molecule has 3 aromatic rings. The lowest BCUT2D eigenvalue weighted by Crippen LogP contribution is -1.95. The van der Waals surface area contributed by atoms with Gasteiger partial charge in [0, 0.05) is 16.6 Å². The molecule has 1 N–H and O–H groups in total. The molecule has 120 valence electrons. The zero-order valence-corrected chi connectivity index (χ0v) is 16.3. The maximum Gasteiger partial charge on any atom is 0.187 e. The highest BCUT2D eigenvalue weighted by molar-refractivity contribution is 8.93. The van der Waals surface area contributed by atoms with Crippen LogP contribution in [0.25, 0.3) is 10.6 Å². The third kappa shape index (κ3) is 4.04. The number of ketones is 1. The van der Waals surface area contributed by atoms with Crippen molar-refractivity contribution < 1.29 is 4.79 Å². The van der Waals surface area contributed by atoms with Crippen LogP contribution in [0, 0.1) is 13.8 Å². The van der Waals surface area contributed by atoms with Crippen LogP contribution in [0.2, 0.25) is 0 Å². The lowest BCUT2D eigenvalue weighted by Gasteiger charge is -2.03. The van der Waals surface area contributed by atoms with Gasteiger partial charge in [0.15, 0.2) is 10.9 Å². The van der Waals surface area contributed by atoms with Gasteiger partial charge in [-0.05, 0) is 32.9 Å². The quantitative estimate of drug-likeness (QED) is 0.585. The molecule has 0 bridgehead atoms. The summed E-state index contributed by atoms with van der Waals surface area (Å²) >= 11 is 3.20. The van der Waals surface area contributed by atoms with Crippen LogP contribution in [0.3, 0.4) is 0 Å². The molecule has 1 aromatic carbocycles. The third-order valence-electron chi connectivity index (χ3n) is 3.16. The first kappa shape index (κ1) is 17.8. The molecule has 0 atom stereocenters. The summed E-state index contributed by atoms with van der Waals surface area (Å²) in [5.74, 6) is 0.0548. The molecule has 3 rings (SSSR count). The number of hydrogen-bond donors (Lipinski definition) is 1. The van der Waals surface area contributed by atoms with Crippen LogP contribution in [-0.2, 0) is 0 Å². The van der Waals surface area contributed by atoms with E-state index in [9.17, 15) is 4.79 Å². The van der Waals surface area contributed by atoms with E-state index in [4.69, 9.17) is 0 Å². The Labute approximate surface area is 153 Å². The van der Waals surface area contributed by atoms with Crippen molar-refractivity contribution in [2.75, 3.05) is 5.32 Å². The number of thiazole rings is 2. The molecule has 23 heavy (non-hydrogen) atoms. The smallest absolute Gasteiger partial charge is 0.187 e. The number of carbonyl (C=O) groups is 1. The van der Waals surface area contributed by atoms with Gasteiger partial charge in [0.05, 0.1) is 21.3 Å². The van der Waals surface area contributed by atoms with E-state index in [-0.39, 0.29) is 22.8 Å². The lowest BCUT2D eigenvalue weighted by molar-refractivity contribution is 0.101. The molecule has 4 nitrogen and oxygen atoms in total. The monoisotopic (exact) mass is 409 g/mol. The number of halogens is 1. The fourth-order valence-electron chi connectivity index (χ4n) is 2.14. The van der Waals surface area contributed by atoms with Gasteiger partial charge in [-0.2, -0.15) is 0 Å². The van der Waals surface area contributed by atoms with Crippen LogP contribution < -0.4 is 5.32 Å². The summed E-state index contributed by atoms with van der Waals surface area (Å²) in [4.78, 5) is 21.6. The van der Waals surface area contributed by atoms with Crippen LogP contribution in [0.4, 0.5) is 10.8 Å². The molecule has 0 amide bonds. The topological polar surface area (TPSA) is 54.9 Å². The molecule has 2 aromatic heterocycles. The summed E-state index contributed by atoms with van der Waals surface area (Å²) in [5.41, 5.74) is 3.51. The number of nitrogens with zero attached hydrogens (tertiary/aromatic N) is 2. The zero-order valence-electron chi connectivity index (χ0n) is 12.9. The number of benzene rings is 1. The first-order valence-electron chi connectivity index (χ1n) is 6.81. The highest BCUT2D eigenvalue weighted by Crippen LogP contribution is 2.33. The number of Topliss-reactive ketones (excluding diaryl/α,β-unsaturated/α-hetero) is 1. The van der Waals surface area contributed by atoms with Gasteiger partial charge in [0.1, 0.15) is 0 Å². The largest absolute Gasteiger partial charge is 0.332 e. The summed E-state index contributed by atoms with van der Waals surface area (Å²) in [7, 11) is 0. The fourth-order valence-corrected chi connectivity index (χ4v) is 3.82. The molecule has 2 heterocycles. The third-order valence-corrected chi connectivity index (χ3v) is 5.01. The number of hydrogen-bond acceptors (Lipinski definition) is 6. The Morgan fingerprint density at radius 1 is 1.22 bits per heavy atom. The average Bonchev–Trinajstić information content (AvgIpc) is 3.05. The molecule has 7 heteroatoms. The highest BCUT2D eigenvalue weighted by Gasteiger charge is 2.11. The Morgan fingerprint density at radius 3 is 2.65 bits per heavy atom. The fraction of sp³-hybridized carbons (Fsp3) is 0.188. The minimum absolute atomic E-state index is 0. The van der Waals surface area contributed by atoms with E-state index in [1.165, 1.54) is 0 Å². The highest BCUT2D eigenvalue weighted by atomic mass is 79.9. The summed E-state index contributed by atoms with van der Waals surface area (Å²) in [5, 5.41) is 7.13. The molecule has 0 spiro atoms. The second-order valence-electron chi connectivity index (χ2n) is 4.95. The molecule has 0 fully saturated rings. The maximum absolute atomic E-state index is 11.4. The van der Waals surface area contributed by atoms with E-state index in [0.29, 0.717) is 5.56 Å². The van der Waals surface area contributed by atoms with Crippen molar-refractivity contribution >= 4 is 56.3 Å². The predicted molar refractivity (Wildman–Crippen MR) is 103 cm³/mol. The number of anilines is 2. The molecule has 0 aliphatic carbocycles. The summed E-state index contributed by atoms with van der Waals surface area (Å²) in [6.45, 7) is 5.57. The van der Waals surface area contributed by atoms with Crippen molar-refractivity contribution in [2.45, 2.75) is 20.8 Å². The van der Waals surface area contributed by atoms with E-state index in [1.54, 1.807) is 29.6 Å². The van der Waals surface area contributed by atoms with E-state index < -0.39 is 0 Å². The lowest BCUT2D eigenvalue weighted by atomic mass is 10.1. The number of nitrogens with one attached hydrogen (secondary N) is 1. The molecule has 0 aliphatic rings. The Balaban J connectivity index is 0.00000192. The maximum atomic E-state index is 11.4. The van der Waals surface area contributed by atoms with E-state index in [0.717, 1.165) is 32.1 Å². The van der Waals surface area contributed by atoms with Gasteiger partial charge in [-0.3, -0.25) is 4.79 Å². The normalized spacial score (nSPS) is 10.2. The van der Waals surface area contributed by atoms with Crippen molar-refractivity contribution in [2.24, 2.45) is 0 Å². The Kier molecular flexibility index (Phi) is 5.67. The number of aryl methyl sites for hydroxylation is 2. The first-order valence-corrected chi connectivity index (χ1v) is 8.50. The summed E-state index contributed by atoms with van der Waals surface area (Å²) < 4.78 is 0. The van der Waals surface area contributed by atoms with E-state index in [1.807, 2.05) is 43.5 Å². The van der Waals surface area contributed by atoms with Gasteiger partial charge in [0.25, 0.3) is 0 Å². The minimum Gasteiger partial charge on any atom is -0.332 e. The molecule has 0 radical (unpaired) electrons. The molecule has 0 aliphatic heterocycles. The van der Waals surface area contributed by atoms with Crippen molar-refractivity contribution in [1.29, 1.82) is 0 Å².